The molecular formula is C21H26O6. The number of para-hydroxylation sites is 1. The highest BCUT2D eigenvalue weighted by Gasteiger charge is 2.29. The van der Waals surface area contributed by atoms with Crippen molar-refractivity contribution in [2.45, 2.75) is 39.5 Å². The Hall–Kier alpha value is -2.76. The minimum Gasteiger partial charge on any atom is -0.496 e. The van der Waals surface area contributed by atoms with Crippen molar-refractivity contribution < 1.29 is 28.2 Å². The van der Waals surface area contributed by atoms with E-state index in [1.807, 2.05) is 19.9 Å². The summed E-state index contributed by atoms with van der Waals surface area (Å²) in [6.07, 6.45) is 4.52. The predicted molar refractivity (Wildman–Crippen MR) is 101 cm³/mol. The molecule has 0 aliphatic heterocycles. The third kappa shape index (κ3) is 5.12. The van der Waals surface area contributed by atoms with Gasteiger partial charge in [0, 0.05) is 0 Å². The topological polar surface area (TPSA) is 75.0 Å². The molecule has 2 rings (SSSR count). The first-order chi connectivity index (χ1) is 13.1. The highest BCUT2D eigenvalue weighted by Crippen LogP contribution is 2.35. The largest absolute Gasteiger partial charge is 0.496 e. The van der Waals surface area contributed by atoms with Crippen LogP contribution >= 0.6 is 0 Å². The van der Waals surface area contributed by atoms with Gasteiger partial charge >= 0.3 is 11.9 Å². The molecule has 0 spiro atoms. The number of methoxy groups -OCH3 is 1. The standard InChI is InChI=1S/C21H26O6/c1-4-6-12-25-20(22)16-14-27-19(15-10-8-9-11-17(15)24-3)18(16)21(23)26-13-7-5-2/h8-11,14H,4-7,12-13H2,1-3H3. The van der Waals surface area contributed by atoms with E-state index in [1.54, 1.807) is 18.2 Å². The van der Waals surface area contributed by atoms with E-state index in [2.05, 4.69) is 0 Å². The normalized spacial score (nSPS) is 10.5. The first-order valence-corrected chi connectivity index (χ1v) is 9.23. The summed E-state index contributed by atoms with van der Waals surface area (Å²) in [4.78, 5) is 25.2. The van der Waals surface area contributed by atoms with Crippen LogP contribution in [0.5, 0.6) is 5.75 Å². The Morgan fingerprint density at radius 1 is 0.963 bits per heavy atom. The second kappa shape index (κ2) is 10.4. The maximum Gasteiger partial charge on any atom is 0.342 e. The molecule has 1 aromatic heterocycles. The van der Waals surface area contributed by atoms with Crippen LogP contribution in [0.25, 0.3) is 11.3 Å². The zero-order valence-corrected chi connectivity index (χ0v) is 16.1. The maximum atomic E-state index is 12.7. The molecule has 0 bridgehead atoms. The van der Waals surface area contributed by atoms with E-state index in [4.69, 9.17) is 18.6 Å². The van der Waals surface area contributed by atoms with Gasteiger partial charge in [0.15, 0.2) is 5.76 Å². The van der Waals surface area contributed by atoms with Crippen LogP contribution in [0.1, 0.15) is 60.2 Å². The van der Waals surface area contributed by atoms with Gasteiger partial charge in [-0.2, -0.15) is 0 Å². The van der Waals surface area contributed by atoms with Crippen molar-refractivity contribution in [2.24, 2.45) is 0 Å². The van der Waals surface area contributed by atoms with Crippen LogP contribution in [-0.4, -0.2) is 32.3 Å². The summed E-state index contributed by atoms with van der Waals surface area (Å²) in [7, 11) is 1.53. The van der Waals surface area contributed by atoms with Crippen molar-refractivity contribution in [3.8, 4) is 17.1 Å². The van der Waals surface area contributed by atoms with Gasteiger partial charge in [-0.05, 0) is 25.0 Å². The van der Waals surface area contributed by atoms with Crippen molar-refractivity contribution in [1.29, 1.82) is 0 Å². The number of carbonyl (C=O) groups excluding carboxylic acids is 2. The molecule has 1 aromatic carbocycles. The van der Waals surface area contributed by atoms with Gasteiger partial charge in [-0.15, -0.1) is 0 Å². The van der Waals surface area contributed by atoms with Crippen molar-refractivity contribution >= 4 is 11.9 Å². The van der Waals surface area contributed by atoms with Gasteiger partial charge < -0.3 is 18.6 Å². The predicted octanol–water partition coefficient (Wildman–Crippen LogP) is 4.87. The van der Waals surface area contributed by atoms with Gasteiger partial charge in [0.2, 0.25) is 0 Å². The molecule has 0 saturated carbocycles. The van der Waals surface area contributed by atoms with Crippen molar-refractivity contribution in [3.05, 3.63) is 41.7 Å². The molecule has 0 aliphatic rings. The molecule has 2 aromatic rings. The Morgan fingerprint density at radius 3 is 2.22 bits per heavy atom. The van der Waals surface area contributed by atoms with Crippen molar-refractivity contribution in [2.75, 3.05) is 20.3 Å². The average molecular weight is 374 g/mol. The van der Waals surface area contributed by atoms with E-state index in [-0.39, 0.29) is 30.1 Å². The number of ether oxygens (including phenoxy) is 3. The summed E-state index contributed by atoms with van der Waals surface area (Å²) in [5.74, 6) is -0.451. The molecule has 0 N–H and O–H groups in total. The quantitative estimate of drug-likeness (QED) is 0.436. The summed E-state index contributed by atoms with van der Waals surface area (Å²) >= 11 is 0. The number of hydrogen-bond acceptors (Lipinski definition) is 6. The lowest BCUT2D eigenvalue weighted by Crippen LogP contribution is -2.14. The molecular weight excluding hydrogens is 348 g/mol. The molecule has 0 radical (unpaired) electrons. The highest BCUT2D eigenvalue weighted by atomic mass is 16.5. The average Bonchev–Trinajstić information content (AvgIpc) is 3.13. The van der Waals surface area contributed by atoms with Crippen LogP contribution in [-0.2, 0) is 9.47 Å². The Kier molecular flexibility index (Phi) is 7.92. The molecule has 0 fully saturated rings. The summed E-state index contributed by atoms with van der Waals surface area (Å²) in [5.41, 5.74) is 0.695. The van der Waals surface area contributed by atoms with Gasteiger partial charge in [0.05, 0.1) is 25.9 Å². The second-order valence-corrected chi connectivity index (χ2v) is 6.03. The van der Waals surface area contributed by atoms with Crippen LogP contribution in [0.2, 0.25) is 0 Å². The van der Waals surface area contributed by atoms with E-state index in [0.717, 1.165) is 25.7 Å². The minimum atomic E-state index is -0.611. The monoisotopic (exact) mass is 374 g/mol. The first kappa shape index (κ1) is 20.6. The van der Waals surface area contributed by atoms with Crippen LogP contribution in [0.15, 0.2) is 34.9 Å². The van der Waals surface area contributed by atoms with Crippen LogP contribution in [0, 0.1) is 0 Å². The fourth-order valence-electron chi connectivity index (χ4n) is 2.51. The number of furan rings is 1. The molecule has 6 heteroatoms. The lowest BCUT2D eigenvalue weighted by molar-refractivity contribution is 0.0454. The van der Waals surface area contributed by atoms with Gasteiger partial charge in [-0.1, -0.05) is 38.8 Å². The Balaban J connectivity index is 2.41. The van der Waals surface area contributed by atoms with Gasteiger partial charge in [-0.3, -0.25) is 0 Å². The van der Waals surface area contributed by atoms with E-state index in [0.29, 0.717) is 11.3 Å². The molecule has 0 unspecified atom stereocenters. The van der Waals surface area contributed by atoms with Gasteiger partial charge in [0.25, 0.3) is 0 Å². The van der Waals surface area contributed by atoms with Crippen molar-refractivity contribution in [3.63, 3.8) is 0 Å². The number of carbonyl (C=O) groups is 2. The summed E-state index contributed by atoms with van der Waals surface area (Å²) in [6.45, 7) is 4.56. The van der Waals surface area contributed by atoms with Gasteiger partial charge in [0.1, 0.15) is 23.1 Å². The SMILES string of the molecule is CCCCOC(=O)c1coc(-c2ccccc2OC)c1C(=O)OCCCC. The Labute approximate surface area is 159 Å². The minimum absolute atomic E-state index is 0.0634. The molecule has 0 amide bonds. The van der Waals surface area contributed by atoms with Gasteiger partial charge in [-0.25, -0.2) is 9.59 Å². The number of unbranched alkanes of at least 4 members (excludes halogenated alkanes) is 2. The molecule has 6 nitrogen and oxygen atoms in total. The third-order valence-electron chi connectivity index (χ3n) is 4.03. The van der Waals surface area contributed by atoms with E-state index >= 15 is 0 Å². The first-order valence-electron chi connectivity index (χ1n) is 9.23. The van der Waals surface area contributed by atoms with Crippen LogP contribution < -0.4 is 4.74 Å². The fraction of sp³-hybridized carbons (Fsp3) is 0.429. The fourth-order valence-corrected chi connectivity index (χ4v) is 2.51. The Morgan fingerprint density at radius 2 is 1.59 bits per heavy atom. The highest BCUT2D eigenvalue weighted by molar-refractivity contribution is 6.07. The Bertz CT molecular complexity index is 762. The third-order valence-corrected chi connectivity index (χ3v) is 4.03. The lowest BCUT2D eigenvalue weighted by Gasteiger charge is -2.09. The zero-order chi connectivity index (χ0) is 19.6. The second-order valence-electron chi connectivity index (χ2n) is 6.03. The van der Waals surface area contributed by atoms with Crippen molar-refractivity contribution in [1.82, 2.24) is 0 Å². The summed E-state index contributed by atoms with van der Waals surface area (Å²) < 4.78 is 21.5. The van der Waals surface area contributed by atoms with Crippen LogP contribution in [0.4, 0.5) is 0 Å². The maximum absolute atomic E-state index is 12.7. The molecule has 146 valence electrons. The molecule has 0 atom stereocenters. The van der Waals surface area contributed by atoms with E-state index < -0.39 is 11.9 Å². The molecule has 1 heterocycles. The number of rotatable bonds is 10. The van der Waals surface area contributed by atoms with E-state index in [9.17, 15) is 9.59 Å². The molecule has 0 saturated heterocycles. The number of benzene rings is 1. The van der Waals surface area contributed by atoms with E-state index in [1.165, 1.54) is 13.4 Å². The summed E-state index contributed by atoms with van der Waals surface area (Å²) in [6, 6.07) is 7.12. The number of esters is 2. The lowest BCUT2D eigenvalue weighted by atomic mass is 10.0. The van der Waals surface area contributed by atoms with Crippen LogP contribution in [0.3, 0.4) is 0 Å². The molecule has 27 heavy (non-hydrogen) atoms. The smallest absolute Gasteiger partial charge is 0.342 e. The summed E-state index contributed by atoms with van der Waals surface area (Å²) in [5, 5.41) is 0. The number of hydrogen-bond donors (Lipinski definition) is 0. The zero-order valence-electron chi connectivity index (χ0n) is 16.1. The molecule has 0 aliphatic carbocycles.